The Bertz CT molecular complexity index is 309. The summed E-state index contributed by atoms with van der Waals surface area (Å²) in [5.41, 5.74) is 0.527. The van der Waals surface area contributed by atoms with Crippen molar-refractivity contribution in [1.29, 1.82) is 0 Å². The van der Waals surface area contributed by atoms with Gasteiger partial charge in [0.05, 0.1) is 0 Å². The third-order valence-electron chi connectivity index (χ3n) is 5.40. The smallest absolute Gasteiger partial charge is 0.00684 e. The highest BCUT2D eigenvalue weighted by Gasteiger charge is 2.38. The molecule has 21 heavy (non-hydrogen) atoms. The predicted octanol–water partition coefficient (Wildman–Crippen LogP) is 4.30. The molecule has 0 amide bonds. The summed E-state index contributed by atoms with van der Waals surface area (Å²) in [5, 5.41) is 3.86. The van der Waals surface area contributed by atoms with Gasteiger partial charge in [-0.2, -0.15) is 0 Å². The summed E-state index contributed by atoms with van der Waals surface area (Å²) in [5.74, 6) is 1.68. The van der Waals surface area contributed by atoms with Crippen molar-refractivity contribution in [2.24, 2.45) is 17.3 Å². The van der Waals surface area contributed by atoms with E-state index in [9.17, 15) is 0 Å². The van der Waals surface area contributed by atoms with Gasteiger partial charge in [-0.3, -0.25) is 0 Å². The first-order chi connectivity index (χ1) is 9.90. The molecule has 2 aliphatic carbocycles. The Labute approximate surface area is 133 Å². The topological polar surface area (TPSA) is 15.3 Å². The maximum atomic E-state index is 3.86. The van der Waals surface area contributed by atoms with E-state index in [-0.39, 0.29) is 0 Å². The van der Waals surface area contributed by atoms with Gasteiger partial charge in [0, 0.05) is 31.7 Å². The van der Waals surface area contributed by atoms with Crippen LogP contribution >= 0.6 is 0 Å². The average Bonchev–Trinajstić information content (AvgIpc) is 3.19. The summed E-state index contributed by atoms with van der Waals surface area (Å²) >= 11 is 0. The zero-order valence-electron chi connectivity index (χ0n) is 15.1. The van der Waals surface area contributed by atoms with Crippen LogP contribution in [-0.4, -0.2) is 36.6 Å². The van der Waals surface area contributed by atoms with Crippen molar-refractivity contribution >= 4 is 0 Å². The molecule has 0 aromatic rings. The monoisotopic (exact) mass is 294 g/mol. The van der Waals surface area contributed by atoms with Gasteiger partial charge in [-0.1, -0.05) is 33.6 Å². The molecule has 124 valence electrons. The Balaban J connectivity index is 2.01. The summed E-state index contributed by atoms with van der Waals surface area (Å²) in [7, 11) is 0. The van der Waals surface area contributed by atoms with Gasteiger partial charge >= 0.3 is 0 Å². The highest BCUT2D eigenvalue weighted by Crippen LogP contribution is 2.40. The number of hydrogen-bond donors (Lipinski definition) is 1. The van der Waals surface area contributed by atoms with Gasteiger partial charge in [-0.25, -0.2) is 0 Å². The molecule has 2 heteroatoms. The molecule has 2 nitrogen and oxygen atoms in total. The largest absolute Gasteiger partial charge is 0.313 e. The predicted molar refractivity (Wildman–Crippen MR) is 92.6 cm³/mol. The maximum Gasteiger partial charge on any atom is 0.00684 e. The minimum Gasteiger partial charge on any atom is -0.313 e. The molecule has 0 aliphatic heterocycles. The molecule has 0 saturated heterocycles. The van der Waals surface area contributed by atoms with E-state index in [2.05, 4.69) is 44.8 Å². The molecule has 2 aliphatic rings. The Morgan fingerprint density at radius 1 is 1.14 bits per heavy atom. The molecule has 2 atom stereocenters. The summed E-state index contributed by atoms with van der Waals surface area (Å²) in [6.45, 7) is 15.7. The van der Waals surface area contributed by atoms with Crippen LogP contribution in [0, 0.1) is 17.3 Å². The highest BCUT2D eigenvalue weighted by molar-refractivity contribution is 4.93. The second-order valence-corrected chi connectivity index (χ2v) is 8.77. The first-order valence-electron chi connectivity index (χ1n) is 9.38. The van der Waals surface area contributed by atoms with Gasteiger partial charge in [0.1, 0.15) is 0 Å². The molecule has 2 fully saturated rings. The molecule has 0 spiro atoms. The summed E-state index contributed by atoms with van der Waals surface area (Å²) in [6.07, 6.45) is 8.54. The number of nitrogens with one attached hydrogen (secondary N) is 1. The number of hydrogen-bond acceptors (Lipinski definition) is 2. The van der Waals surface area contributed by atoms with Gasteiger partial charge in [0.15, 0.2) is 0 Å². The van der Waals surface area contributed by atoms with E-state index >= 15 is 0 Å². The molecule has 0 radical (unpaired) electrons. The standard InChI is InChI=1S/C19H38N2/c1-15(2)12-21(16(3)4)14-19(13-20-18-8-9-18)10-6-7-17(5)11-19/h15-18,20H,6-14H2,1-5H3. The van der Waals surface area contributed by atoms with Gasteiger partial charge < -0.3 is 10.2 Å². The summed E-state index contributed by atoms with van der Waals surface area (Å²) < 4.78 is 0. The van der Waals surface area contributed by atoms with Crippen molar-refractivity contribution in [2.75, 3.05) is 19.6 Å². The van der Waals surface area contributed by atoms with Gasteiger partial charge in [-0.05, 0) is 56.8 Å². The zero-order valence-corrected chi connectivity index (χ0v) is 15.1. The first-order valence-corrected chi connectivity index (χ1v) is 9.38. The quantitative estimate of drug-likeness (QED) is 0.718. The first kappa shape index (κ1) is 17.3. The van der Waals surface area contributed by atoms with Crippen molar-refractivity contribution < 1.29 is 0 Å². The fraction of sp³-hybridized carbons (Fsp3) is 1.00. The van der Waals surface area contributed by atoms with Crippen molar-refractivity contribution in [2.45, 2.75) is 85.2 Å². The van der Waals surface area contributed by atoms with E-state index < -0.39 is 0 Å². The number of nitrogens with zero attached hydrogens (tertiary/aromatic N) is 1. The Morgan fingerprint density at radius 2 is 1.86 bits per heavy atom. The normalized spacial score (nSPS) is 30.6. The lowest BCUT2D eigenvalue weighted by molar-refractivity contribution is 0.0581. The van der Waals surface area contributed by atoms with Crippen LogP contribution in [0.4, 0.5) is 0 Å². The Hall–Kier alpha value is -0.0800. The van der Waals surface area contributed by atoms with Crippen molar-refractivity contribution in [1.82, 2.24) is 10.2 Å². The minimum atomic E-state index is 0.527. The van der Waals surface area contributed by atoms with Gasteiger partial charge in [0.25, 0.3) is 0 Å². The van der Waals surface area contributed by atoms with Crippen molar-refractivity contribution in [3.63, 3.8) is 0 Å². The van der Waals surface area contributed by atoms with Crippen molar-refractivity contribution in [3.8, 4) is 0 Å². The molecule has 0 bridgehead atoms. The summed E-state index contributed by atoms with van der Waals surface area (Å²) in [6, 6.07) is 1.51. The van der Waals surface area contributed by atoms with E-state index in [1.165, 1.54) is 58.2 Å². The van der Waals surface area contributed by atoms with Crippen LogP contribution < -0.4 is 5.32 Å². The van der Waals surface area contributed by atoms with Gasteiger partial charge in [0.2, 0.25) is 0 Å². The lowest BCUT2D eigenvalue weighted by Gasteiger charge is -2.45. The van der Waals surface area contributed by atoms with Crippen LogP contribution in [0.25, 0.3) is 0 Å². The lowest BCUT2D eigenvalue weighted by atomic mass is 9.69. The Morgan fingerprint density at radius 3 is 2.38 bits per heavy atom. The lowest BCUT2D eigenvalue weighted by Crippen LogP contribution is -2.49. The van der Waals surface area contributed by atoms with E-state index in [0.29, 0.717) is 11.5 Å². The van der Waals surface area contributed by atoms with Crippen LogP contribution in [-0.2, 0) is 0 Å². The van der Waals surface area contributed by atoms with E-state index in [1.807, 2.05) is 0 Å². The third-order valence-corrected chi connectivity index (χ3v) is 5.40. The maximum absolute atomic E-state index is 3.86. The van der Waals surface area contributed by atoms with E-state index in [0.717, 1.165) is 17.9 Å². The summed E-state index contributed by atoms with van der Waals surface area (Å²) in [4.78, 5) is 2.75. The molecular formula is C19H38N2. The fourth-order valence-electron chi connectivity index (χ4n) is 4.13. The molecular weight excluding hydrogens is 256 g/mol. The highest BCUT2D eigenvalue weighted by atomic mass is 15.2. The molecule has 2 rings (SSSR count). The molecule has 2 unspecified atom stereocenters. The average molecular weight is 295 g/mol. The van der Waals surface area contributed by atoms with Crippen LogP contribution in [0.1, 0.15) is 73.1 Å². The second-order valence-electron chi connectivity index (χ2n) is 8.77. The van der Waals surface area contributed by atoms with Crippen LogP contribution in [0.15, 0.2) is 0 Å². The molecule has 0 heterocycles. The molecule has 0 aromatic heterocycles. The fourth-order valence-corrected chi connectivity index (χ4v) is 4.13. The van der Waals surface area contributed by atoms with Crippen molar-refractivity contribution in [3.05, 3.63) is 0 Å². The number of rotatable bonds is 8. The molecule has 0 aromatic carbocycles. The SMILES string of the molecule is CC(C)CN(CC1(CNC2CC2)CCCC(C)C1)C(C)C. The zero-order chi connectivity index (χ0) is 15.5. The third kappa shape index (κ3) is 5.56. The van der Waals surface area contributed by atoms with Crippen LogP contribution in [0.5, 0.6) is 0 Å². The van der Waals surface area contributed by atoms with Crippen LogP contribution in [0.2, 0.25) is 0 Å². The second kappa shape index (κ2) is 7.46. The van der Waals surface area contributed by atoms with Gasteiger partial charge in [-0.15, -0.1) is 0 Å². The van der Waals surface area contributed by atoms with E-state index in [1.54, 1.807) is 0 Å². The van der Waals surface area contributed by atoms with Crippen LogP contribution in [0.3, 0.4) is 0 Å². The molecule has 1 N–H and O–H groups in total. The Kier molecular flexibility index (Phi) is 6.14. The minimum absolute atomic E-state index is 0.527. The molecule has 2 saturated carbocycles. The van der Waals surface area contributed by atoms with E-state index in [4.69, 9.17) is 0 Å².